The maximum absolute atomic E-state index is 5.06. The van der Waals surface area contributed by atoms with E-state index in [1.165, 1.54) is 44.2 Å². The van der Waals surface area contributed by atoms with Crippen LogP contribution in [0.4, 0.5) is 0 Å². The van der Waals surface area contributed by atoms with E-state index in [4.69, 9.17) is 15.0 Å². The minimum atomic E-state index is -0.103. The average Bonchev–Trinajstić information content (AvgIpc) is 3.42. The van der Waals surface area contributed by atoms with Crippen molar-refractivity contribution in [2.24, 2.45) is 0 Å². The van der Waals surface area contributed by atoms with Gasteiger partial charge in [0.05, 0.1) is 0 Å². The molecule has 0 saturated carbocycles. The number of hydrogen-bond donors (Lipinski definition) is 0. The van der Waals surface area contributed by atoms with Crippen LogP contribution in [0.1, 0.15) is 25.0 Å². The molecule has 1 heterocycles. The maximum atomic E-state index is 5.06. The van der Waals surface area contributed by atoms with Gasteiger partial charge in [-0.1, -0.05) is 166 Å². The first-order chi connectivity index (χ1) is 24.0. The van der Waals surface area contributed by atoms with Crippen LogP contribution in [0.2, 0.25) is 0 Å². The summed E-state index contributed by atoms with van der Waals surface area (Å²) in [6, 6.07) is 57.7. The van der Waals surface area contributed by atoms with Crippen LogP contribution < -0.4 is 0 Å². The third kappa shape index (κ3) is 4.94. The number of rotatable bonds is 5. The second-order valence-corrected chi connectivity index (χ2v) is 13.3. The zero-order chi connectivity index (χ0) is 33.0. The first kappa shape index (κ1) is 29.0. The Labute approximate surface area is 286 Å². The van der Waals surface area contributed by atoms with Gasteiger partial charge in [0.2, 0.25) is 0 Å². The monoisotopic (exact) mass is 627 g/mol. The van der Waals surface area contributed by atoms with Crippen molar-refractivity contribution in [1.82, 2.24) is 15.0 Å². The Bertz CT molecular complexity index is 2500. The van der Waals surface area contributed by atoms with Crippen LogP contribution in [0.25, 0.3) is 78.3 Å². The summed E-state index contributed by atoms with van der Waals surface area (Å²) in [5.41, 5.74) is 12.9. The minimum absolute atomic E-state index is 0.103. The second-order valence-electron chi connectivity index (χ2n) is 13.3. The van der Waals surface area contributed by atoms with E-state index >= 15 is 0 Å². The van der Waals surface area contributed by atoms with Gasteiger partial charge in [0, 0.05) is 22.1 Å². The van der Waals surface area contributed by atoms with Crippen molar-refractivity contribution in [3.05, 3.63) is 175 Å². The number of benzene rings is 7. The standard InChI is InChI=1S/C46H33N3/c1-46(2)40-23-12-11-22-38(40)41-39(29-35-18-9-10-21-37(35)42(41)46)31-24-26-33(27-25-31)44-47-43(32-16-7-4-8-17-32)48-45(49-44)36-20-13-19-34(28-36)30-14-5-3-6-15-30/h3-29H,1-2H3. The van der Waals surface area contributed by atoms with Gasteiger partial charge in [0.15, 0.2) is 17.5 Å². The number of nitrogens with zero attached hydrogens (tertiary/aromatic N) is 3. The molecule has 0 bridgehead atoms. The largest absolute Gasteiger partial charge is 0.208 e. The predicted octanol–water partition coefficient (Wildman–Crippen LogP) is 11.7. The molecule has 0 fully saturated rings. The molecule has 9 rings (SSSR count). The lowest BCUT2D eigenvalue weighted by Crippen LogP contribution is -2.15. The predicted molar refractivity (Wildman–Crippen MR) is 202 cm³/mol. The van der Waals surface area contributed by atoms with E-state index in [0.717, 1.165) is 27.8 Å². The molecule has 0 saturated heterocycles. The van der Waals surface area contributed by atoms with Gasteiger partial charge in [-0.25, -0.2) is 15.0 Å². The first-order valence-corrected chi connectivity index (χ1v) is 16.8. The molecule has 1 aromatic heterocycles. The summed E-state index contributed by atoms with van der Waals surface area (Å²) in [7, 11) is 0. The Kier molecular flexibility index (Phi) is 6.80. The lowest BCUT2D eigenvalue weighted by molar-refractivity contribution is 0.666. The molecule has 1 aliphatic rings. The van der Waals surface area contributed by atoms with Crippen LogP contribution in [-0.4, -0.2) is 15.0 Å². The van der Waals surface area contributed by atoms with E-state index in [-0.39, 0.29) is 5.41 Å². The van der Waals surface area contributed by atoms with Crippen molar-refractivity contribution in [3.8, 4) is 67.5 Å². The molecule has 0 N–H and O–H groups in total. The number of hydrogen-bond acceptors (Lipinski definition) is 3. The van der Waals surface area contributed by atoms with Crippen molar-refractivity contribution < 1.29 is 0 Å². The van der Waals surface area contributed by atoms with E-state index in [0.29, 0.717) is 17.5 Å². The molecule has 0 spiro atoms. The van der Waals surface area contributed by atoms with Crippen LogP contribution >= 0.6 is 0 Å². The molecule has 49 heavy (non-hydrogen) atoms. The summed E-state index contributed by atoms with van der Waals surface area (Å²) in [4.78, 5) is 15.0. The summed E-state index contributed by atoms with van der Waals surface area (Å²) in [5, 5.41) is 2.58. The normalized spacial score (nSPS) is 12.9. The summed E-state index contributed by atoms with van der Waals surface area (Å²) in [6.45, 7) is 4.71. The summed E-state index contributed by atoms with van der Waals surface area (Å²) in [5.74, 6) is 1.95. The van der Waals surface area contributed by atoms with Crippen molar-refractivity contribution >= 4 is 10.8 Å². The van der Waals surface area contributed by atoms with Crippen molar-refractivity contribution in [2.45, 2.75) is 19.3 Å². The Morgan fingerprint density at radius 3 is 1.65 bits per heavy atom. The first-order valence-electron chi connectivity index (χ1n) is 16.8. The molecule has 232 valence electrons. The van der Waals surface area contributed by atoms with Gasteiger partial charge < -0.3 is 0 Å². The smallest absolute Gasteiger partial charge is 0.164 e. The minimum Gasteiger partial charge on any atom is -0.208 e. The maximum Gasteiger partial charge on any atom is 0.164 e. The average molecular weight is 628 g/mol. The van der Waals surface area contributed by atoms with E-state index < -0.39 is 0 Å². The fourth-order valence-corrected chi connectivity index (χ4v) is 7.50. The quantitative estimate of drug-likeness (QED) is 0.191. The van der Waals surface area contributed by atoms with E-state index in [9.17, 15) is 0 Å². The van der Waals surface area contributed by atoms with E-state index in [1.807, 2.05) is 36.4 Å². The summed E-state index contributed by atoms with van der Waals surface area (Å²) < 4.78 is 0. The van der Waals surface area contributed by atoms with Crippen molar-refractivity contribution in [3.63, 3.8) is 0 Å². The molecular weight excluding hydrogens is 595 g/mol. The molecule has 7 aromatic carbocycles. The third-order valence-electron chi connectivity index (χ3n) is 9.89. The van der Waals surface area contributed by atoms with Gasteiger partial charge in [0.1, 0.15) is 0 Å². The Morgan fingerprint density at radius 2 is 0.918 bits per heavy atom. The van der Waals surface area contributed by atoms with Gasteiger partial charge in [-0.3, -0.25) is 0 Å². The van der Waals surface area contributed by atoms with Crippen LogP contribution in [0.3, 0.4) is 0 Å². The second kappa shape index (κ2) is 11.5. The molecule has 0 radical (unpaired) electrons. The van der Waals surface area contributed by atoms with Gasteiger partial charge in [-0.2, -0.15) is 0 Å². The van der Waals surface area contributed by atoms with Crippen molar-refractivity contribution in [1.29, 1.82) is 0 Å². The molecular formula is C46H33N3. The van der Waals surface area contributed by atoms with Gasteiger partial charge in [0.25, 0.3) is 0 Å². The SMILES string of the molecule is CC1(C)c2ccccc2-c2c(-c3ccc(-c4nc(-c5ccccc5)nc(-c5cccc(-c6ccccc6)c5)n4)cc3)cc3ccccc3c21. The van der Waals surface area contributed by atoms with Crippen LogP contribution in [0.15, 0.2) is 164 Å². The molecule has 3 nitrogen and oxygen atoms in total. The fourth-order valence-electron chi connectivity index (χ4n) is 7.50. The fraction of sp³-hybridized carbons (Fsp3) is 0.0652. The van der Waals surface area contributed by atoms with E-state index in [1.54, 1.807) is 0 Å². The van der Waals surface area contributed by atoms with Crippen LogP contribution in [0.5, 0.6) is 0 Å². The molecule has 0 amide bonds. The molecule has 0 aliphatic heterocycles. The lowest BCUT2D eigenvalue weighted by Gasteiger charge is -2.24. The molecule has 8 aromatic rings. The Balaban J connectivity index is 1.18. The molecule has 1 aliphatic carbocycles. The number of aromatic nitrogens is 3. The van der Waals surface area contributed by atoms with Crippen LogP contribution in [0, 0.1) is 0 Å². The van der Waals surface area contributed by atoms with Crippen molar-refractivity contribution in [2.75, 3.05) is 0 Å². The zero-order valence-electron chi connectivity index (χ0n) is 27.4. The highest BCUT2D eigenvalue weighted by molar-refractivity contribution is 6.04. The Hall–Kier alpha value is -6.19. The molecule has 0 unspecified atom stereocenters. The highest BCUT2D eigenvalue weighted by Crippen LogP contribution is 2.54. The van der Waals surface area contributed by atoms with Gasteiger partial charge in [-0.15, -0.1) is 0 Å². The molecule has 3 heteroatoms. The highest BCUT2D eigenvalue weighted by atomic mass is 15.0. The summed E-state index contributed by atoms with van der Waals surface area (Å²) >= 11 is 0. The Morgan fingerprint density at radius 1 is 0.388 bits per heavy atom. The summed E-state index contributed by atoms with van der Waals surface area (Å²) in [6.07, 6.45) is 0. The third-order valence-corrected chi connectivity index (χ3v) is 9.89. The zero-order valence-corrected chi connectivity index (χ0v) is 27.4. The van der Waals surface area contributed by atoms with Gasteiger partial charge in [-0.05, 0) is 67.4 Å². The molecule has 0 atom stereocenters. The van der Waals surface area contributed by atoms with E-state index in [2.05, 4.69) is 141 Å². The highest BCUT2D eigenvalue weighted by Gasteiger charge is 2.38. The van der Waals surface area contributed by atoms with Gasteiger partial charge >= 0.3 is 0 Å². The number of fused-ring (bicyclic) bond motifs is 5. The van der Waals surface area contributed by atoms with Crippen LogP contribution in [-0.2, 0) is 5.41 Å². The topological polar surface area (TPSA) is 38.7 Å². The lowest BCUT2D eigenvalue weighted by atomic mass is 9.79.